The lowest BCUT2D eigenvalue weighted by Crippen LogP contribution is -2.31. The minimum Gasteiger partial charge on any atom is -0.389 e. The summed E-state index contributed by atoms with van der Waals surface area (Å²) in [6.45, 7) is 1.63. The summed E-state index contributed by atoms with van der Waals surface area (Å²) >= 11 is 12.0. The van der Waals surface area contributed by atoms with Crippen LogP contribution in [0.2, 0.25) is 0 Å². The van der Waals surface area contributed by atoms with Crippen LogP contribution in [0, 0.1) is 0 Å². The molecule has 4 nitrogen and oxygen atoms in total. The molecule has 1 aromatic carbocycles. The van der Waals surface area contributed by atoms with Gasteiger partial charge in [0.2, 0.25) is 0 Å². The van der Waals surface area contributed by atoms with Gasteiger partial charge in [0.25, 0.3) is 0 Å². The van der Waals surface area contributed by atoms with Crippen molar-refractivity contribution in [2.75, 3.05) is 21.1 Å². The van der Waals surface area contributed by atoms with E-state index in [0.717, 1.165) is 28.2 Å². The van der Waals surface area contributed by atoms with Gasteiger partial charge in [-0.2, -0.15) is 0 Å². The fraction of sp³-hybridized carbons (Fsp3) is 0.412. The van der Waals surface area contributed by atoms with Crippen molar-refractivity contribution >= 4 is 23.2 Å². The fourth-order valence-electron chi connectivity index (χ4n) is 2.98. The lowest BCUT2D eigenvalue weighted by atomic mass is 9.85. The van der Waals surface area contributed by atoms with Crippen molar-refractivity contribution in [3.63, 3.8) is 0 Å². The maximum Gasteiger partial charge on any atom is 0.140 e. The first kappa shape index (κ1) is 18.0. The number of likely N-dealkylation sites (N-methyl/N-ethyl adjacent to an activating group) is 3. The van der Waals surface area contributed by atoms with Crippen molar-refractivity contribution in [3.8, 4) is 0 Å². The highest BCUT2D eigenvalue weighted by molar-refractivity contribution is 6.45. The van der Waals surface area contributed by atoms with Crippen LogP contribution in [0.15, 0.2) is 47.4 Å². The first-order valence-corrected chi connectivity index (χ1v) is 8.35. The van der Waals surface area contributed by atoms with Gasteiger partial charge in [0.05, 0.1) is 11.4 Å². The second-order valence-corrected chi connectivity index (χ2v) is 6.73. The van der Waals surface area contributed by atoms with Crippen molar-refractivity contribution in [2.24, 2.45) is 0 Å². The summed E-state index contributed by atoms with van der Waals surface area (Å²) in [5, 5.41) is 20.4. The third-order valence-corrected chi connectivity index (χ3v) is 5.09. The van der Waals surface area contributed by atoms with Crippen molar-refractivity contribution in [2.45, 2.75) is 23.3 Å². The Balaban J connectivity index is 2.60. The van der Waals surface area contributed by atoms with Crippen molar-refractivity contribution < 1.29 is 5.11 Å². The van der Waals surface area contributed by atoms with Crippen LogP contribution in [0.3, 0.4) is 0 Å². The molecule has 0 radical (unpaired) electrons. The van der Waals surface area contributed by atoms with Crippen molar-refractivity contribution in [1.82, 2.24) is 16.0 Å². The average molecular weight is 356 g/mol. The maximum absolute atomic E-state index is 10.8. The number of aliphatic hydroxyl groups is 1. The molecule has 0 spiro atoms. The van der Waals surface area contributed by atoms with Crippen LogP contribution in [0.5, 0.6) is 0 Å². The standard InChI is InChI=1S/C17H23Cl2N3O/c1-17(23,16(18)19)12-8-6-5-7-10(12)11-9-13(20-2)15(22-4)14(11)21-3/h5-9,11,16,20-23H,1-4H3. The van der Waals surface area contributed by atoms with Crippen LogP contribution in [0.25, 0.3) is 0 Å². The SMILES string of the molecule is CNC1=CC(c2ccccc2C(C)(O)C(Cl)Cl)C(NC)=C1NC. The summed E-state index contributed by atoms with van der Waals surface area (Å²) in [7, 11) is 5.66. The van der Waals surface area contributed by atoms with Crippen LogP contribution < -0.4 is 16.0 Å². The molecule has 0 fully saturated rings. The first-order valence-electron chi connectivity index (χ1n) is 7.48. The summed E-state index contributed by atoms with van der Waals surface area (Å²) in [6, 6.07) is 7.68. The van der Waals surface area contributed by atoms with Crippen LogP contribution in [0.4, 0.5) is 0 Å². The minimum atomic E-state index is -1.34. The van der Waals surface area contributed by atoms with E-state index in [2.05, 4.69) is 22.0 Å². The molecule has 0 amide bonds. The number of halogens is 2. The molecule has 0 bridgehead atoms. The molecule has 1 aliphatic rings. The number of benzene rings is 1. The third kappa shape index (κ3) is 3.16. The van der Waals surface area contributed by atoms with E-state index in [0.29, 0.717) is 0 Å². The smallest absolute Gasteiger partial charge is 0.140 e. The number of allylic oxidation sites excluding steroid dienone is 1. The Morgan fingerprint density at radius 3 is 2.26 bits per heavy atom. The largest absolute Gasteiger partial charge is 0.389 e. The summed E-state index contributed by atoms with van der Waals surface area (Å²) in [5.41, 5.74) is 3.38. The van der Waals surface area contributed by atoms with Crippen LogP contribution in [-0.2, 0) is 5.60 Å². The van der Waals surface area contributed by atoms with Gasteiger partial charge < -0.3 is 21.1 Å². The van der Waals surface area contributed by atoms with Crippen LogP contribution >= 0.6 is 23.2 Å². The molecule has 6 heteroatoms. The van der Waals surface area contributed by atoms with E-state index in [1.807, 2.05) is 45.4 Å². The van der Waals surface area contributed by atoms with Crippen molar-refractivity contribution in [3.05, 3.63) is 58.6 Å². The van der Waals surface area contributed by atoms with Gasteiger partial charge in [-0.1, -0.05) is 24.3 Å². The van der Waals surface area contributed by atoms with Gasteiger partial charge in [-0.15, -0.1) is 23.2 Å². The second kappa shape index (κ2) is 7.04. The Morgan fingerprint density at radius 2 is 1.74 bits per heavy atom. The minimum absolute atomic E-state index is 0.0281. The summed E-state index contributed by atoms with van der Waals surface area (Å²) < 4.78 is 0. The van der Waals surface area contributed by atoms with Crippen LogP contribution in [-0.4, -0.2) is 31.1 Å². The quantitative estimate of drug-likeness (QED) is 0.592. The van der Waals surface area contributed by atoms with Gasteiger partial charge in [0.15, 0.2) is 0 Å². The molecule has 0 saturated carbocycles. The molecule has 0 heterocycles. The van der Waals surface area contributed by atoms with Gasteiger partial charge in [-0.05, 0) is 24.1 Å². The van der Waals surface area contributed by atoms with Crippen molar-refractivity contribution in [1.29, 1.82) is 0 Å². The maximum atomic E-state index is 10.8. The summed E-state index contributed by atoms with van der Waals surface area (Å²) in [4.78, 5) is -0.927. The van der Waals surface area contributed by atoms with E-state index in [1.165, 1.54) is 0 Å². The Hall–Kier alpha value is -1.36. The highest BCUT2D eigenvalue weighted by Crippen LogP contribution is 2.41. The van der Waals surface area contributed by atoms with Gasteiger partial charge in [0.1, 0.15) is 10.4 Å². The van der Waals surface area contributed by atoms with Gasteiger partial charge in [-0.25, -0.2) is 0 Å². The Labute approximate surface area is 147 Å². The molecule has 0 aromatic heterocycles. The van der Waals surface area contributed by atoms with E-state index in [-0.39, 0.29) is 5.92 Å². The van der Waals surface area contributed by atoms with E-state index in [4.69, 9.17) is 23.2 Å². The first-order chi connectivity index (χ1) is 10.9. The van der Waals surface area contributed by atoms with Gasteiger partial charge in [0, 0.05) is 32.8 Å². The number of hydrogen-bond donors (Lipinski definition) is 4. The normalized spacial score (nSPS) is 20.3. The number of hydrogen-bond acceptors (Lipinski definition) is 4. The molecule has 4 N–H and O–H groups in total. The molecule has 23 heavy (non-hydrogen) atoms. The number of rotatable bonds is 6. The molecular weight excluding hydrogens is 333 g/mol. The number of alkyl halides is 2. The monoisotopic (exact) mass is 355 g/mol. The zero-order valence-corrected chi connectivity index (χ0v) is 15.3. The number of nitrogens with one attached hydrogen (secondary N) is 3. The topological polar surface area (TPSA) is 56.3 Å². The summed E-state index contributed by atoms with van der Waals surface area (Å²) in [6.07, 6.45) is 2.12. The second-order valence-electron chi connectivity index (χ2n) is 5.63. The lowest BCUT2D eigenvalue weighted by Gasteiger charge is -2.29. The summed E-state index contributed by atoms with van der Waals surface area (Å²) in [5.74, 6) is -0.0281. The van der Waals surface area contributed by atoms with E-state index >= 15 is 0 Å². The van der Waals surface area contributed by atoms with Gasteiger partial charge in [-0.3, -0.25) is 0 Å². The molecule has 2 rings (SSSR count). The zero-order chi connectivity index (χ0) is 17.2. The molecule has 1 aromatic rings. The third-order valence-electron chi connectivity index (χ3n) is 4.24. The molecule has 0 saturated heterocycles. The van der Waals surface area contributed by atoms with Gasteiger partial charge >= 0.3 is 0 Å². The highest BCUT2D eigenvalue weighted by atomic mass is 35.5. The highest BCUT2D eigenvalue weighted by Gasteiger charge is 2.36. The average Bonchev–Trinajstić information content (AvgIpc) is 2.92. The molecule has 0 aliphatic heterocycles. The Morgan fingerprint density at radius 1 is 1.09 bits per heavy atom. The lowest BCUT2D eigenvalue weighted by molar-refractivity contribution is 0.0710. The van der Waals surface area contributed by atoms with E-state index < -0.39 is 10.4 Å². The van der Waals surface area contributed by atoms with E-state index in [9.17, 15) is 5.11 Å². The molecule has 2 unspecified atom stereocenters. The molecule has 126 valence electrons. The Bertz CT molecular complexity index is 638. The van der Waals surface area contributed by atoms with Crippen LogP contribution in [0.1, 0.15) is 24.0 Å². The predicted molar refractivity (Wildman–Crippen MR) is 96.5 cm³/mol. The predicted octanol–water partition coefficient (Wildman–Crippen LogP) is 2.55. The molecular formula is C17H23Cl2N3O. The molecule has 1 aliphatic carbocycles. The fourth-order valence-corrected chi connectivity index (χ4v) is 3.22. The zero-order valence-electron chi connectivity index (χ0n) is 13.7. The molecule has 2 atom stereocenters. The van der Waals surface area contributed by atoms with E-state index in [1.54, 1.807) is 6.92 Å². The Kier molecular flexibility index (Phi) is 5.50.